The molecule has 218 valence electrons. The molecule has 6 atom stereocenters. The Kier molecular flexibility index (Phi) is 13.9. The molecule has 2 heterocycles. The minimum Gasteiger partial charge on any atom is -0.465 e. The molecule has 0 spiro atoms. The highest BCUT2D eigenvalue weighted by Gasteiger charge is 2.45. The Morgan fingerprint density at radius 2 is 1.87 bits per heavy atom. The van der Waals surface area contributed by atoms with Crippen LogP contribution in [-0.4, -0.2) is 81.6 Å². The summed E-state index contributed by atoms with van der Waals surface area (Å²) < 4.78 is 35.4. The van der Waals surface area contributed by atoms with Crippen LogP contribution in [0.5, 0.6) is 0 Å². The van der Waals surface area contributed by atoms with Gasteiger partial charge in [0, 0.05) is 6.20 Å². The predicted molar refractivity (Wildman–Crippen MR) is 141 cm³/mol. The SMILES string of the molecule is C.CCOC(=O)COP(=O)(N[C@@H](CC(C)C)C(=O)OCC)OC[C@H]1S[C@@H](n2ccc(N)nc2=O)[C@@H](O)[C@@H]1O. The van der Waals surface area contributed by atoms with E-state index in [9.17, 15) is 29.2 Å². The van der Waals surface area contributed by atoms with Crippen LogP contribution in [-0.2, 0) is 32.7 Å². The topological polar surface area (TPSA) is 202 Å². The Morgan fingerprint density at radius 3 is 2.45 bits per heavy atom. The lowest BCUT2D eigenvalue weighted by molar-refractivity contribution is -0.145. The van der Waals surface area contributed by atoms with E-state index in [1.807, 2.05) is 13.8 Å². The van der Waals surface area contributed by atoms with Crippen molar-refractivity contribution >= 4 is 37.3 Å². The summed E-state index contributed by atoms with van der Waals surface area (Å²) in [6.45, 7) is 5.92. The van der Waals surface area contributed by atoms with E-state index >= 15 is 0 Å². The zero-order chi connectivity index (χ0) is 27.8. The molecule has 16 heteroatoms. The molecule has 0 aromatic carbocycles. The van der Waals surface area contributed by atoms with E-state index in [-0.39, 0.29) is 38.8 Å². The molecule has 1 unspecified atom stereocenters. The van der Waals surface area contributed by atoms with Gasteiger partial charge in [-0.3, -0.25) is 18.4 Å². The summed E-state index contributed by atoms with van der Waals surface area (Å²) in [5.41, 5.74) is 4.79. The van der Waals surface area contributed by atoms with Crippen LogP contribution >= 0.6 is 19.5 Å². The van der Waals surface area contributed by atoms with E-state index < -0.39 is 67.5 Å². The summed E-state index contributed by atoms with van der Waals surface area (Å²) in [7, 11) is -4.35. The van der Waals surface area contributed by atoms with Crippen LogP contribution in [0.2, 0.25) is 0 Å². The van der Waals surface area contributed by atoms with Gasteiger partial charge in [0.05, 0.1) is 31.2 Å². The summed E-state index contributed by atoms with van der Waals surface area (Å²) in [6, 6.07) is 0.295. The van der Waals surface area contributed by atoms with Crippen LogP contribution in [0.15, 0.2) is 17.1 Å². The summed E-state index contributed by atoms with van der Waals surface area (Å²) >= 11 is 0.987. The third-order valence-electron chi connectivity index (χ3n) is 5.12. The minimum absolute atomic E-state index is 0. The van der Waals surface area contributed by atoms with Crippen molar-refractivity contribution in [3.63, 3.8) is 0 Å². The Morgan fingerprint density at radius 1 is 1.21 bits per heavy atom. The number of ether oxygens (including phenoxy) is 2. The van der Waals surface area contributed by atoms with Crippen molar-refractivity contribution in [2.24, 2.45) is 5.92 Å². The number of hydrogen-bond acceptors (Lipinski definition) is 13. The first-order chi connectivity index (χ1) is 17.4. The molecule has 0 radical (unpaired) electrons. The molecule has 1 fully saturated rings. The van der Waals surface area contributed by atoms with Crippen LogP contribution in [0, 0.1) is 5.92 Å². The number of carbonyl (C=O) groups excluding carboxylic acids is 2. The number of nitrogens with one attached hydrogen (secondary N) is 1. The molecule has 1 aliphatic heterocycles. The fourth-order valence-electron chi connectivity index (χ4n) is 3.45. The molecule has 2 rings (SSSR count). The number of nitrogens with two attached hydrogens (primary N) is 1. The molecular formula is C22H39N4O10PS. The number of hydrogen-bond donors (Lipinski definition) is 4. The number of rotatable bonds is 14. The molecule has 1 aromatic rings. The van der Waals surface area contributed by atoms with Crippen LogP contribution in [0.25, 0.3) is 0 Å². The number of carbonyl (C=O) groups is 2. The highest BCUT2D eigenvalue weighted by atomic mass is 32.2. The van der Waals surface area contributed by atoms with E-state index in [1.54, 1.807) is 13.8 Å². The van der Waals surface area contributed by atoms with Gasteiger partial charge >= 0.3 is 25.4 Å². The molecule has 1 aromatic heterocycles. The van der Waals surface area contributed by atoms with Crippen molar-refractivity contribution in [1.29, 1.82) is 0 Å². The van der Waals surface area contributed by atoms with Gasteiger partial charge in [0.1, 0.15) is 23.3 Å². The summed E-state index contributed by atoms with van der Waals surface area (Å²) in [5, 5.41) is 21.9. The van der Waals surface area contributed by atoms with Crippen LogP contribution < -0.4 is 16.5 Å². The van der Waals surface area contributed by atoms with Gasteiger partial charge in [0.25, 0.3) is 0 Å². The average molecular weight is 583 g/mol. The first-order valence-corrected chi connectivity index (χ1v) is 14.2. The predicted octanol–water partition coefficient (Wildman–Crippen LogP) is 1.07. The molecular weight excluding hydrogens is 543 g/mol. The number of thioether (sulfide) groups is 1. The van der Waals surface area contributed by atoms with E-state index in [2.05, 4.69) is 10.1 Å². The van der Waals surface area contributed by atoms with Crippen molar-refractivity contribution in [1.82, 2.24) is 14.6 Å². The minimum atomic E-state index is -4.35. The molecule has 0 aliphatic carbocycles. The lowest BCUT2D eigenvalue weighted by atomic mass is 10.1. The maximum atomic E-state index is 13.6. The zero-order valence-corrected chi connectivity index (χ0v) is 22.9. The molecule has 5 N–H and O–H groups in total. The van der Waals surface area contributed by atoms with Crippen molar-refractivity contribution < 1.29 is 42.9 Å². The number of esters is 2. The van der Waals surface area contributed by atoms with Gasteiger partial charge in [-0.1, -0.05) is 21.3 Å². The molecule has 0 amide bonds. The number of nitrogen functional groups attached to an aromatic ring is 1. The van der Waals surface area contributed by atoms with Gasteiger partial charge in [-0.25, -0.2) is 19.2 Å². The highest BCUT2D eigenvalue weighted by molar-refractivity contribution is 8.00. The van der Waals surface area contributed by atoms with Gasteiger partial charge in [-0.15, -0.1) is 11.8 Å². The van der Waals surface area contributed by atoms with Gasteiger partial charge in [-0.2, -0.15) is 4.98 Å². The van der Waals surface area contributed by atoms with E-state index in [1.165, 1.54) is 12.3 Å². The smallest absolute Gasteiger partial charge is 0.406 e. The third-order valence-corrected chi connectivity index (χ3v) is 8.26. The summed E-state index contributed by atoms with van der Waals surface area (Å²) in [5.74, 6) is -1.48. The maximum absolute atomic E-state index is 13.6. The van der Waals surface area contributed by atoms with Gasteiger partial charge < -0.3 is 25.4 Å². The monoisotopic (exact) mass is 582 g/mol. The number of nitrogens with zero attached hydrogens (tertiary/aromatic N) is 2. The van der Waals surface area contributed by atoms with E-state index in [0.29, 0.717) is 0 Å². The van der Waals surface area contributed by atoms with Crippen molar-refractivity contribution in [3.05, 3.63) is 22.7 Å². The Labute approximate surface area is 226 Å². The molecule has 14 nitrogen and oxygen atoms in total. The number of aromatic nitrogens is 2. The Balaban J connectivity index is 0.00000722. The third kappa shape index (κ3) is 9.63. The van der Waals surface area contributed by atoms with Crippen molar-refractivity contribution in [2.75, 3.05) is 32.2 Å². The van der Waals surface area contributed by atoms with Crippen LogP contribution in [0.3, 0.4) is 0 Å². The molecule has 1 saturated heterocycles. The standard InChI is InChI=1S/C21H35N4O10PS.CH4/c1-5-32-16(26)11-35-36(31,24-13(9-12(3)4)20(29)33-6-2)34-10-14-17(27)18(28)19(37-14)25-8-7-15(22)23-21(25)30;/h7-8,12-14,17-19,27-28H,5-6,9-11H2,1-4H3,(H,24,31)(H2,22,23,30);1H4/t13-,14+,17+,18-,19+,36?;/m0./s1. The number of aliphatic hydroxyl groups is 2. The normalized spacial score (nSPS) is 23.3. The average Bonchev–Trinajstić information content (AvgIpc) is 3.10. The lowest BCUT2D eigenvalue weighted by Gasteiger charge is -2.26. The van der Waals surface area contributed by atoms with Gasteiger partial charge in [0.2, 0.25) is 0 Å². The van der Waals surface area contributed by atoms with Gasteiger partial charge in [-0.05, 0) is 32.3 Å². The maximum Gasteiger partial charge on any atom is 0.406 e. The van der Waals surface area contributed by atoms with E-state index in [0.717, 1.165) is 16.3 Å². The number of aliphatic hydroxyl groups excluding tert-OH is 2. The van der Waals surface area contributed by atoms with Gasteiger partial charge in [0.15, 0.2) is 6.61 Å². The van der Waals surface area contributed by atoms with E-state index in [4.69, 9.17) is 24.3 Å². The molecule has 0 bridgehead atoms. The largest absolute Gasteiger partial charge is 0.465 e. The van der Waals surface area contributed by atoms with Crippen molar-refractivity contribution in [2.45, 2.75) is 70.4 Å². The summed E-state index contributed by atoms with van der Waals surface area (Å²) in [6.07, 6.45) is -1.20. The highest BCUT2D eigenvalue weighted by Crippen LogP contribution is 2.48. The fraction of sp³-hybridized carbons (Fsp3) is 0.727. The Bertz CT molecular complexity index is 1030. The quantitative estimate of drug-likeness (QED) is 0.179. The first kappa shape index (κ1) is 34.0. The zero-order valence-electron chi connectivity index (χ0n) is 21.1. The number of anilines is 1. The summed E-state index contributed by atoms with van der Waals surface area (Å²) in [4.78, 5) is 40.1. The fourth-order valence-corrected chi connectivity index (χ4v) is 6.44. The Hall–Kier alpha value is -2.00. The molecule has 38 heavy (non-hydrogen) atoms. The lowest BCUT2D eigenvalue weighted by Crippen LogP contribution is -2.39. The molecule has 1 aliphatic rings. The second-order valence-corrected chi connectivity index (χ2v) is 11.7. The first-order valence-electron chi connectivity index (χ1n) is 11.8. The second-order valence-electron chi connectivity index (χ2n) is 8.52. The van der Waals surface area contributed by atoms with Crippen LogP contribution in [0.1, 0.15) is 46.9 Å². The second kappa shape index (κ2) is 15.6. The van der Waals surface area contributed by atoms with Crippen LogP contribution in [0.4, 0.5) is 5.82 Å². The molecule has 0 saturated carbocycles. The van der Waals surface area contributed by atoms with Crippen molar-refractivity contribution in [3.8, 4) is 0 Å².